The van der Waals surface area contributed by atoms with Crippen LogP contribution in [0.25, 0.3) is 11.1 Å². The molecule has 0 radical (unpaired) electrons. The van der Waals surface area contributed by atoms with Crippen molar-refractivity contribution in [3.05, 3.63) is 36.4 Å². The Balaban J connectivity index is 1.47. The van der Waals surface area contributed by atoms with Crippen molar-refractivity contribution < 1.29 is 47.6 Å². The van der Waals surface area contributed by atoms with Gasteiger partial charge in [-0.2, -0.15) is 0 Å². The van der Waals surface area contributed by atoms with E-state index >= 15 is 0 Å². The molecular weight excluding hydrogens is 548 g/mol. The highest BCUT2D eigenvalue weighted by Crippen LogP contribution is 2.39. The monoisotopic (exact) mass is 584 g/mol. The predicted octanol–water partition coefficient (Wildman–Crippen LogP) is 4.71. The highest BCUT2D eigenvalue weighted by molar-refractivity contribution is 5.94. The molecule has 42 heavy (non-hydrogen) atoms. The normalized spacial score (nSPS) is 18.0. The van der Waals surface area contributed by atoms with Crippen LogP contribution in [0.2, 0.25) is 0 Å². The van der Waals surface area contributed by atoms with Gasteiger partial charge in [0.1, 0.15) is 24.7 Å². The Morgan fingerprint density at radius 3 is 1.50 bits per heavy atom. The Morgan fingerprint density at radius 1 is 0.738 bits per heavy atom. The van der Waals surface area contributed by atoms with Crippen molar-refractivity contribution in [1.29, 1.82) is 0 Å². The molecule has 226 valence electrons. The van der Waals surface area contributed by atoms with Gasteiger partial charge in [-0.3, -0.25) is 19.4 Å². The first-order valence-electron chi connectivity index (χ1n) is 13.9. The average Bonchev–Trinajstić information content (AvgIpc) is 3.55. The number of anilines is 2. The number of hydrogen-bond acceptors (Lipinski definition) is 10. The number of amides is 2. The molecule has 2 aromatic rings. The number of hydrogen-bond donors (Lipinski definition) is 0. The Bertz CT molecular complexity index is 1210. The van der Waals surface area contributed by atoms with Crippen molar-refractivity contribution in [3.63, 3.8) is 0 Å². The zero-order valence-corrected chi connectivity index (χ0v) is 24.3. The summed E-state index contributed by atoms with van der Waals surface area (Å²) in [6, 6.07) is 10.7. The number of methoxy groups -OCH3 is 2. The molecule has 2 atom stereocenters. The van der Waals surface area contributed by atoms with Crippen LogP contribution in [0, 0.1) is 0 Å². The van der Waals surface area contributed by atoms with Gasteiger partial charge in [0.05, 0.1) is 38.7 Å². The van der Waals surface area contributed by atoms with Crippen molar-refractivity contribution in [2.45, 2.75) is 51.7 Å². The van der Waals surface area contributed by atoms with Crippen LogP contribution in [0.5, 0.6) is 11.5 Å². The topological polar surface area (TPSA) is 130 Å². The van der Waals surface area contributed by atoms with Crippen molar-refractivity contribution in [3.8, 4) is 22.6 Å². The molecule has 0 bridgehead atoms. The average molecular weight is 585 g/mol. The van der Waals surface area contributed by atoms with E-state index in [1.807, 2.05) is 26.0 Å². The van der Waals surface area contributed by atoms with E-state index < -0.39 is 24.4 Å². The first-order chi connectivity index (χ1) is 20.3. The molecular formula is C30H36N2O10. The minimum absolute atomic E-state index is 0.0110. The number of ether oxygens (including phenoxy) is 6. The molecule has 0 N–H and O–H groups in total. The van der Waals surface area contributed by atoms with E-state index in [1.54, 1.807) is 24.3 Å². The van der Waals surface area contributed by atoms with Crippen LogP contribution < -0.4 is 19.3 Å². The molecule has 2 heterocycles. The van der Waals surface area contributed by atoms with E-state index in [4.69, 9.17) is 28.4 Å². The van der Waals surface area contributed by atoms with Crippen LogP contribution in [0.1, 0.15) is 39.5 Å². The lowest BCUT2D eigenvalue weighted by atomic mass is 10.0. The first-order valence-corrected chi connectivity index (χ1v) is 13.9. The van der Waals surface area contributed by atoms with Crippen LogP contribution in [0.3, 0.4) is 0 Å². The second-order valence-electron chi connectivity index (χ2n) is 9.87. The van der Waals surface area contributed by atoms with Gasteiger partial charge in [0.25, 0.3) is 0 Å². The minimum atomic E-state index is -0.584. The second-order valence-corrected chi connectivity index (χ2v) is 9.87. The van der Waals surface area contributed by atoms with E-state index in [-0.39, 0.29) is 38.2 Å². The number of carbonyl (C=O) groups is 4. The third-order valence-electron chi connectivity index (χ3n) is 6.79. The Labute approximate surface area is 244 Å². The molecule has 2 aliphatic rings. The number of nitrogens with zero attached hydrogens (tertiary/aromatic N) is 2. The maximum Gasteiger partial charge on any atom is 0.415 e. The van der Waals surface area contributed by atoms with Gasteiger partial charge < -0.3 is 28.4 Å². The maximum atomic E-state index is 12.6. The first kappa shape index (κ1) is 30.5. The molecule has 2 amide bonds. The predicted molar refractivity (Wildman–Crippen MR) is 152 cm³/mol. The smallest absolute Gasteiger partial charge is 0.415 e. The molecule has 0 saturated carbocycles. The van der Waals surface area contributed by atoms with E-state index in [0.29, 0.717) is 48.6 Å². The second kappa shape index (κ2) is 13.9. The molecule has 0 unspecified atom stereocenters. The highest BCUT2D eigenvalue weighted by Gasteiger charge is 2.36. The molecule has 12 heteroatoms. The third-order valence-corrected chi connectivity index (χ3v) is 6.79. The molecule has 2 saturated heterocycles. The Morgan fingerprint density at radius 2 is 1.14 bits per heavy atom. The molecule has 2 aromatic carbocycles. The quantitative estimate of drug-likeness (QED) is 0.241. The summed E-state index contributed by atoms with van der Waals surface area (Å²) in [7, 11) is 3.01. The molecule has 0 spiro atoms. The molecule has 0 aliphatic carbocycles. The van der Waals surface area contributed by atoms with Crippen LogP contribution in [0.15, 0.2) is 36.4 Å². The zero-order valence-electron chi connectivity index (χ0n) is 24.3. The number of carbonyl (C=O) groups excluding carboxylic acids is 4. The SMILES string of the molecule is CCCC(=O)OC[C@H]1CN(c2ccc(-c3ccc(N4C[C@H](COC(=O)CCC)OC4=O)c(OC)c3)cc2OC)C(=O)O1. The highest BCUT2D eigenvalue weighted by atomic mass is 16.6. The van der Waals surface area contributed by atoms with Crippen LogP contribution >= 0.6 is 0 Å². The van der Waals surface area contributed by atoms with Crippen LogP contribution in [-0.4, -0.2) is 76.9 Å². The molecule has 4 rings (SSSR count). The zero-order chi connectivity index (χ0) is 30.2. The third kappa shape index (κ3) is 7.04. The van der Waals surface area contributed by atoms with Gasteiger partial charge in [-0.1, -0.05) is 26.0 Å². The van der Waals surface area contributed by atoms with Crippen LogP contribution in [0.4, 0.5) is 21.0 Å². The van der Waals surface area contributed by atoms with Crippen molar-refractivity contribution in [1.82, 2.24) is 0 Å². The molecule has 2 aliphatic heterocycles. The summed E-state index contributed by atoms with van der Waals surface area (Å²) in [6.45, 7) is 4.16. The number of benzene rings is 2. The van der Waals surface area contributed by atoms with Gasteiger partial charge in [0.2, 0.25) is 0 Å². The summed E-state index contributed by atoms with van der Waals surface area (Å²) < 4.78 is 32.4. The van der Waals surface area contributed by atoms with Gasteiger partial charge in [-0.05, 0) is 48.2 Å². The molecule has 0 aromatic heterocycles. The Hall–Kier alpha value is -4.48. The van der Waals surface area contributed by atoms with Gasteiger partial charge in [-0.25, -0.2) is 9.59 Å². The standard InChI is InChI=1S/C30H36N2O10/c1-5-7-27(33)39-17-21-15-31(29(35)41-21)23-11-9-19(13-25(23)37-3)20-10-12-24(26(14-20)38-4)32-16-22(42-30(32)36)18-40-28(34)8-6-2/h9-14,21-22H,5-8,15-18H2,1-4H3/t21-,22-/m1/s1. The van der Waals surface area contributed by atoms with E-state index in [9.17, 15) is 19.2 Å². The van der Waals surface area contributed by atoms with E-state index in [2.05, 4.69) is 0 Å². The summed E-state index contributed by atoms with van der Waals surface area (Å²) in [6.07, 6.45) is -0.305. The fraction of sp³-hybridized carbons (Fsp3) is 0.467. The van der Waals surface area contributed by atoms with Gasteiger partial charge in [0, 0.05) is 12.8 Å². The van der Waals surface area contributed by atoms with E-state index in [0.717, 1.165) is 11.1 Å². The van der Waals surface area contributed by atoms with Crippen molar-refractivity contribution >= 4 is 35.5 Å². The lowest BCUT2D eigenvalue weighted by Gasteiger charge is -2.19. The summed E-state index contributed by atoms with van der Waals surface area (Å²) >= 11 is 0. The fourth-order valence-corrected chi connectivity index (χ4v) is 4.69. The summed E-state index contributed by atoms with van der Waals surface area (Å²) in [4.78, 5) is 51.5. The van der Waals surface area contributed by atoms with Crippen LogP contribution in [-0.2, 0) is 28.5 Å². The van der Waals surface area contributed by atoms with Gasteiger partial charge >= 0.3 is 24.1 Å². The summed E-state index contributed by atoms with van der Waals surface area (Å²) in [5.41, 5.74) is 2.59. The molecule has 2 fully saturated rings. The number of rotatable bonds is 13. The lowest BCUT2D eigenvalue weighted by molar-refractivity contribution is -0.146. The fourth-order valence-electron chi connectivity index (χ4n) is 4.69. The lowest BCUT2D eigenvalue weighted by Crippen LogP contribution is -2.27. The minimum Gasteiger partial charge on any atom is -0.495 e. The summed E-state index contributed by atoms with van der Waals surface area (Å²) in [5.74, 6) is 0.230. The van der Waals surface area contributed by atoms with Gasteiger partial charge in [0.15, 0.2) is 12.2 Å². The Kier molecular flexibility index (Phi) is 10.1. The maximum absolute atomic E-state index is 12.6. The summed E-state index contributed by atoms with van der Waals surface area (Å²) in [5, 5.41) is 0. The largest absolute Gasteiger partial charge is 0.495 e. The molecule has 12 nitrogen and oxygen atoms in total. The van der Waals surface area contributed by atoms with Gasteiger partial charge in [-0.15, -0.1) is 0 Å². The number of esters is 2. The van der Waals surface area contributed by atoms with Crippen molar-refractivity contribution in [2.75, 3.05) is 50.3 Å². The van der Waals surface area contributed by atoms with E-state index in [1.165, 1.54) is 24.0 Å². The number of cyclic esters (lactones) is 2. The van der Waals surface area contributed by atoms with Crippen molar-refractivity contribution in [2.24, 2.45) is 0 Å².